The van der Waals surface area contributed by atoms with Gasteiger partial charge in [0.25, 0.3) is 5.91 Å². The van der Waals surface area contributed by atoms with Gasteiger partial charge in [0.05, 0.1) is 30.8 Å². The van der Waals surface area contributed by atoms with Crippen molar-refractivity contribution >= 4 is 27.5 Å². The summed E-state index contributed by atoms with van der Waals surface area (Å²) < 4.78 is 38.0. The first-order chi connectivity index (χ1) is 15.4. The lowest BCUT2D eigenvalue weighted by atomic mass is 10.2. The minimum atomic E-state index is -3.87. The number of amides is 2. The zero-order chi connectivity index (χ0) is 23.1. The number of anilines is 1. The Morgan fingerprint density at radius 3 is 2.53 bits per heavy atom. The zero-order valence-electron chi connectivity index (χ0n) is 18.1. The molecule has 0 radical (unpaired) electrons. The summed E-state index contributed by atoms with van der Waals surface area (Å²) in [5.41, 5.74) is 0.572. The topological polar surface area (TPSA) is 105 Å². The molecule has 2 aromatic carbocycles. The maximum atomic E-state index is 13.2. The van der Waals surface area contributed by atoms with E-state index >= 15 is 0 Å². The Bertz CT molecular complexity index is 1070. The van der Waals surface area contributed by atoms with Crippen molar-refractivity contribution in [2.45, 2.75) is 11.8 Å². The molecular formula is C22H27N3O6S. The van der Waals surface area contributed by atoms with Gasteiger partial charge in [0.1, 0.15) is 12.3 Å². The highest BCUT2D eigenvalue weighted by Gasteiger charge is 2.31. The van der Waals surface area contributed by atoms with Crippen LogP contribution in [0.15, 0.2) is 53.4 Å². The first-order valence-electron chi connectivity index (χ1n) is 10.3. The van der Waals surface area contributed by atoms with E-state index in [2.05, 4.69) is 5.32 Å². The average molecular weight is 462 g/mol. The summed E-state index contributed by atoms with van der Waals surface area (Å²) in [4.78, 5) is 27.0. The van der Waals surface area contributed by atoms with E-state index in [1.165, 1.54) is 28.4 Å². The van der Waals surface area contributed by atoms with Crippen LogP contribution in [0.4, 0.5) is 5.69 Å². The molecule has 0 bridgehead atoms. The molecular weight excluding hydrogens is 434 g/mol. The molecule has 1 saturated heterocycles. The van der Waals surface area contributed by atoms with Gasteiger partial charge in [-0.3, -0.25) is 9.59 Å². The third kappa shape index (κ3) is 5.45. The predicted molar refractivity (Wildman–Crippen MR) is 119 cm³/mol. The zero-order valence-corrected chi connectivity index (χ0v) is 18.9. The maximum absolute atomic E-state index is 13.2. The lowest BCUT2D eigenvalue weighted by Gasteiger charge is -2.27. The van der Waals surface area contributed by atoms with Crippen LogP contribution in [0, 0.1) is 0 Å². The second-order valence-electron chi connectivity index (χ2n) is 7.11. The summed E-state index contributed by atoms with van der Waals surface area (Å²) in [6, 6.07) is 12.9. The Hall–Kier alpha value is -2.95. The molecule has 9 nitrogen and oxygen atoms in total. The number of nitrogens with zero attached hydrogens (tertiary/aromatic N) is 2. The first-order valence-corrected chi connectivity index (χ1v) is 11.7. The van der Waals surface area contributed by atoms with Crippen molar-refractivity contribution in [1.82, 2.24) is 9.21 Å². The smallest absolute Gasteiger partial charge is 0.255 e. The number of morpholine rings is 1. The van der Waals surface area contributed by atoms with Crippen LogP contribution in [0.5, 0.6) is 5.75 Å². The van der Waals surface area contributed by atoms with Gasteiger partial charge in [0.2, 0.25) is 15.9 Å². The number of ether oxygens (including phenoxy) is 2. The number of likely N-dealkylation sites (N-methyl/N-ethyl adjacent to an activating group) is 1. The van der Waals surface area contributed by atoms with Crippen LogP contribution in [0.25, 0.3) is 0 Å². The fourth-order valence-electron chi connectivity index (χ4n) is 3.37. The van der Waals surface area contributed by atoms with E-state index in [0.29, 0.717) is 24.7 Å². The van der Waals surface area contributed by atoms with Crippen molar-refractivity contribution in [3.8, 4) is 5.75 Å². The molecule has 3 rings (SSSR count). The maximum Gasteiger partial charge on any atom is 0.255 e. The quantitative estimate of drug-likeness (QED) is 0.643. The second-order valence-corrected chi connectivity index (χ2v) is 9.02. The number of sulfonamides is 1. The monoisotopic (exact) mass is 461 g/mol. The number of rotatable bonds is 8. The van der Waals surface area contributed by atoms with Crippen molar-refractivity contribution in [2.75, 3.05) is 51.8 Å². The molecule has 2 amide bonds. The molecule has 172 valence electrons. The van der Waals surface area contributed by atoms with Gasteiger partial charge in [-0.05, 0) is 31.2 Å². The Kier molecular flexibility index (Phi) is 7.84. The molecule has 0 spiro atoms. The van der Waals surface area contributed by atoms with E-state index in [0.717, 1.165) is 0 Å². The molecule has 32 heavy (non-hydrogen) atoms. The van der Waals surface area contributed by atoms with Crippen molar-refractivity contribution in [3.63, 3.8) is 0 Å². The summed E-state index contributed by atoms with van der Waals surface area (Å²) in [5, 5.41) is 2.73. The lowest BCUT2D eigenvalue weighted by molar-refractivity contribution is -0.116. The molecule has 0 atom stereocenters. The van der Waals surface area contributed by atoms with Gasteiger partial charge in [0.15, 0.2) is 0 Å². The number of carbonyl (C=O) groups is 2. The van der Waals surface area contributed by atoms with Gasteiger partial charge in [0, 0.05) is 31.4 Å². The van der Waals surface area contributed by atoms with Gasteiger partial charge in [-0.25, -0.2) is 8.42 Å². The van der Waals surface area contributed by atoms with Gasteiger partial charge in [-0.15, -0.1) is 0 Å². The minimum Gasteiger partial charge on any atom is -0.497 e. The van der Waals surface area contributed by atoms with E-state index in [1.807, 2.05) is 0 Å². The van der Waals surface area contributed by atoms with Crippen molar-refractivity contribution in [3.05, 3.63) is 54.1 Å². The highest BCUT2D eigenvalue weighted by molar-refractivity contribution is 7.89. The van der Waals surface area contributed by atoms with E-state index in [4.69, 9.17) is 9.47 Å². The van der Waals surface area contributed by atoms with Gasteiger partial charge >= 0.3 is 0 Å². The standard InChI is InChI=1S/C22H27N3O6S/c1-3-24(16-21(26)23-17-7-6-8-18(15-17)30-2)22(27)19-9-4-5-10-20(19)32(28,29)25-11-13-31-14-12-25/h4-10,15H,3,11-14,16H2,1-2H3,(H,23,26). The van der Waals surface area contributed by atoms with Gasteiger partial charge in [-0.2, -0.15) is 4.31 Å². The van der Waals surface area contributed by atoms with E-state index < -0.39 is 21.8 Å². The summed E-state index contributed by atoms with van der Waals surface area (Å²) in [5.74, 6) is -0.337. The van der Waals surface area contributed by atoms with Crippen LogP contribution in [-0.4, -0.2) is 75.9 Å². The van der Waals surface area contributed by atoms with E-state index in [1.54, 1.807) is 43.3 Å². The number of carbonyl (C=O) groups excluding carboxylic acids is 2. The molecule has 2 aromatic rings. The fourth-order valence-corrected chi connectivity index (χ4v) is 4.96. The third-order valence-electron chi connectivity index (χ3n) is 5.06. The molecule has 0 aliphatic carbocycles. The number of hydrogen-bond acceptors (Lipinski definition) is 6. The van der Waals surface area contributed by atoms with Crippen molar-refractivity contribution in [1.29, 1.82) is 0 Å². The first kappa shape index (κ1) is 23.7. The van der Waals surface area contributed by atoms with Crippen LogP contribution < -0.4 is 10.1 Å². The number of benzene rings is 2. The molecule has 1 heterocycles. The minimum absolute atomic E-state index is 0.0371. The van der Waals surface area contributed by atoms with Crippen LogP contribution in [0.1, 0.15) is 17.3 Å². The van der Waals surface area contributed by atoms with Crippen molar-refractivity contribution in [2.24, 2.45) is 0 Å². The highest BCUT2D eigenvalue weighted by Crippen LogP contribution is 2.23. The number of nitrogens with one attached hydrogen (secondary N) is 1. The molecule has 1 aliphatic heterocycles. The highest BCUT2D eigenvalue weighted by atomic mass is 32.2. The van der Waals surface area contributed by atoms with E-state index in [-0.39, 0.29) is 36.6 Å². The summed E-state index contributed by atoms with van der Waals surface area (Å²) in [6.07, 6.45) is 0. The second kappa shape index (κ2) is 10.6. The van der Waals surface area contributed by atoms with Gasteiger partial charge < -0.3 is 19.7 Å². The SMILES string of the molecule is CCN(CC(=O)Nc1cccc(OC)c1)C(=O)c1ccccc1S(=O)(=O)N1CCOCC1. The molecule has 1 N–H and O–H groups in total. The molecule has 0 saturated carbocycles. The average Bonchev–Trinajstić information content (AvgIpc) is 2.82. The Morgan fingerprint density at radius 1 is 1.12 bits per heavy atom. The Morgan fingerprint density at radius 2 is 1.84 bits per heavy atom. The number of methoxy groups -OCH3 is 1. The fraction of sp³-hybridized carbons (Fsp3) is 0.364. The van der Waals surface area contributed by atoms with Crippen LogP contribution >= 0.6 is 0 Å². The summed E-state index contributed by atoms with van der Waals surface area (Å²) in [6.45, 7) is 2.81. The molecule has 0 unspecified atom stereocenters. The molecule has 1 fully saturated rings. The Labute approximate surface area is 188 Å². The molecule has 0 aromatic heterocycles. The lowest BCUT2D eigenvalue weighted by Crippen LogP contribution is -2.42. The molecule has 1 aliphatic rings. The van der Waals surface area contributed by atoms with Crippen molar-refractivity contribution < 1.29 is 27.5 Å². The predicted octanol–water partition coefficient (Wildman–Crippen LogP) is 1.82. The van der Waals surface area contributed by atoms with Gasteiger partial charge in [-0.1, -0.05) is 18.2 Å². The summed E-state index contributed by atoms with van der Waals surface area (Å²) in [7, 11) is -2.34. The number of hydrogen-bond donors (Lipinski definition) is 1. The van der Waals surface area contributed by atoms with Crippen LogP contribution in [-0.2, 0) is 19.6 Å². The summed E-state index contributed by atoms with van der Waals surface area (Å²) >= 11 is 0. The van der Waals surface area contributed by atoms with E-state index in [9.17, 15) is 18.0 Å². The molecule has 10 heteroatoms. The third-order valence-corrected chi connectivity index (χ3v) is 7.02. The van der Waals surface area contributed by atoms with Crippen LogP contribution in [0.2, 0.25) is 0 Å². The largest absolute Gasteiger partial charge is 0.497 e. The van der Waals surface area contributed by atoms with Crippen LogP contribution in [0.3, 0.4) is 0 Å². The Balaban J connectivity index is 1.78. The normalized spacial score (nSPS) is 14.6.